The van der Waals surface area contributed by atoms with Crippen LogP contribution < -0.4 is 5.32 Å². The van der Waals surface area contributed by atoms with Crippen LogP contribution >= 0.6 is 11.3 Å². The first kappa shape index (κ1) is 14.1. The number of amides is 1. The van der Waals surface area contributed by atoms with Gasteiger partial charge in [-0.05, 0) is 60.4 Å². The second kappa shape index (κ2) is 5.49. The monoisotopic (exact) mass is 292 g/mol. The van der Waals surface area contributed by atoms with Gasteiger partial charge in [0, 0.05) is 6.04 Å². The predicted molar refractivity (Wildman–Crippen MR) is 82.5 cm³/mol. The van der Waals surface area contributed by atoms with E-state index < -0.39 is 0 Å². The maximum atomic E-state index is 12.6. The molecule has 0 bridgehead atoms. The van der Waals surface area contributed by atoms with Crippen LogP contribution in [0.5, 0.6) is 0 Å². The Hall–Kier alpha value is -0.870. The number of hydrogen-bond acceptors (Lipinski definition) is 3. The first-order valence-electron chi connectivity index (χ1n) is 7.68. The molecule has 1 amide bonds. The summed E-state index contributed by atoms with van der Waals surface area (Å²) < 4.78 is 0. The number of nitrogens with one attached hydrogen (secondary N) is 1. The largest absolute Gasteiger partial charge is 0.319 e. The van der Waals surface area contributed by atoms with Crippen LogP contribution in [0.25, 0.3) is 0 Å². The maximum absolute atomic E-state index is 12.6. The molecule has 110 valence electrons. The smallest absolute Gasteiger partial charge is 0.241 e. The Balaban J connectivity index is 1.83. The van der Waals surface area contributed by atoms with Crippen molar-refractivity contribution in [3.8, 4) is 0 Å². The third kappa shape index (κ3) is 2.40. The van der Waals surface area contributed by atoms with Crippen LogP contribution in [-0.2, 0) is 4.79 Å². The summed E-state index contributed by atoms with van der Waals surface area (Å²) in [4.78, 5) is 14.7. The first-order chi connectivity index (χ1) is 9.58. The van der Waals surface area contributed by atoms with Gasteiger partial charge < -0.3 is 4.90 Å². The van der Waals surface area contributed by atoms with E-state index in [9.17, 15) is 4.79 Å². The Morgan fingerprint density at radius 3 is 2.70 bits per heavy atom. The molecule has 1 aliphatic carbocycles. The summed E-state index contributed by atoms with van der Waals surface area (Å²) in [6, 6.07) is 2.47. The number of carbonyl (C=O) groups excluding carboxylic acids is 1. The van der Waals surface area contributed by atoms with Gasteiger partial charge in [0.15, 0.2) is 0 Å². The zero-order chi connectivity index (χ0) is 14.3. The fraction of sp³-hybridized carbons (Fsp3) is 0.688. The highest BCUT2D eigenvalue weighted by atomic mass is 32.1. The number of thiophene rings is 1. The molecule has 4 heteroatoms. The molecule has 3 rings (SSSR count). The Labute approximate surface area is 125 Å². The molecule has 1 aromatic heterocycles. The van der Waals surface area contributed by atoms with Crippen LogP contribution in [0, 0.1) is 11.8 Å². The van der Waals surface area contributed by atoms with Gasteiger partial charge in [0.25, 0.3) is 0 Å². The van der Waals surface area contributed by atoms with E-state index in [2.05, 4.69) is 40.9 Å². The van der Waals surface area contributed by atoms with Crippen molar-refractivity contribution in [2.24, 2.45) is 11.8 Å². The average Bonchev–Trinajstić information content (AvgIpc) is 3.03. The van der Waals surface area contributed by atoms with Crippen molar-refractivity contribution in [1.82, 2.24) is 10.2 Å². The van der Waals surface area contributed by atoms with E-state index in [0.29, 0.717) is 12.0 Å². The SMILES string of the molecule is CC1NC(c2ccsc2)N(C2CCC(C)C(C)C2)C1=O. The molecule has 0 spiro atoms. The lowest BCUT2D eigenvalue weighted by Crippen LogP contribution is -2.43. The van der Waals surface area contributed by atoms with Gasteiger partial charge in [-0.15, -0.1) is 0 Å². The van der Waals surface area contributed by atoms with Crippen molar-refractivity contribution >= 4 is 17.2 Å². The van der Waals surface area contributed by atoms with E-state index in [1.165, 1.54) is 12.0 Å². The molecule has 1 saturated heterocycles. The second-order valence-electron chi connectivity index (χ2n) is 6.51. The van der Waals surface area contributed by atoms with Crippen LogP contribution in [0.2, 0.25) is 0 Å². The van der Waals surface area contributed by atoms with Crippen molar-refractivity contribution in [1.29, 1.82) is 0 Å². The molecule has 0 aromatic carbocycles. The van der Waals surface area contributed by atoms with Gasteiger partial charge in [0.05, 0.1) is 6.04 Å². The van der Waals surface area contributed by atoms with Gasteiger partial charge in [0.2, 0.25) is 5.91 Å². The van der Waals surface area contributed by atoms with Crippen LogP contribution in [0.1, 0.15) is 51.8 Å². The van der Waals surface area contributed by atoms with Gasteiger partial charge >= 0.3 is 0 Å². The van der Waals surface area contributed by atoms with E-state index in [4.69, 9.17) is 0 Å². The molecule has 1 N–H and O–H groups in total. The highest BCUT2D eigenvalue weighted by Gasteiger charge is 2.42. The lowest BCUT2D eigenvalue weighted by molar-refractivity contribution is -0.133. The highest BCUT2D eigenvalue weighted by Crippen LogP contribution is 2.37. The van der Waals surface area contributed by atoms with Crippen LogP contribution in [0.3, 0.4) is 0 Å². The minimum atomic E-state index is -0.0606. The van der Waals surface area contributed by atoms with Crippen LogP contribution in [-0.4, -0.2) is 22.9 Å². The fourth-order valence-corrected chi connectivity index (χ4v) is 4.27. The standard InChI is InChI=1S/C16H24N2OS/c1-10-4-5-14(8-11(10)2)18-15(13-6-7-20-9-13)17-12(3)16(18)19/h6-7,9-12,14-15,17H,4-5,8H2,1-3H3. The minimum Gasteiger partial charge on any atom is -0.319 e. The van der Waals surface area contributed by atoms with E-state index in [1.807, 2.05) is 6.92 Å². The van der Waals surface area contributed by atoms with Gasteiger partial charge in [-0.25, -0.2) is 0 Å². The average molecular weight is 292 g/mol. The normalized spacial score (nSPS) is 38.5. The summed E-state index contributed by atoms with van der Waals surface area (Å²) in [7, 11) is 0. The number of rotatable bonds is 2. The Kier molecular flexibility index (Phi) is 3.87. The number of carbonyl (C=O) groups is 1. The molecule has 5 unspecified atom stereocenters. The molecule has 0 radical (unpaired) electrons. The Morgan fingerprint density at radius 1 is 1.25 bits per heavy atom. The molecule has 1 saturated carbocycles. The molecular formula is C16H24N2OS. The van der Waals surface area contributed by atoms with E-state index >= 15 is 0 Å². The topological polar surface area (TPSA) is 32.3 Å². The molecule has 1 aliphatic heterocycles. The zero-order valence-electron chi connectivity index (χ0n) is 12.5. The van der Waals surface area contributed by atoms with Gasteiger partial charge in [-0.2, -0.15) is 11.3 Å². The summed E-state index contributed by atoms with van der Waals surface area (Å²) in [5, 5.41) is 7.71. The predicted octanol–water partition coefficient (Wildman–Crippen LogP) is 3.39. The third-order valence-electron chi connectivity index (χ3n) is 5.13. The lowest BCUT2D eigenvalue weighted by atomic mass is 9.78. The molecule has 2 fully saturated rings. The van der Waals surface area contributed by atoms with Gasteiger partial charge in [0.1, 0.15) is 6.17 Å². The first-order valence-corrected chi connectivity index (χ1v) is 8.62. The van der Waals surface area contributed by atoms with Crippen LogP contribution in [0.15, 0.2) is 16.8 Å². The molecule has 3 nitrogen and oxygen atoms in total. The van der Waals surface area contributed by atoms with Crippen LogP contribution in [0.4, 0.5) is 0 Å². The van der Waals surface area contributed by atoms with Crippen molar-refractivity contribution in [2.45, 2.75) is 58.3 Å². The van der Waals surface area contributed by atoms with E-state index in [0.717, 1.165) is 18.8 Å². The maximum Gasteiger partial charge on any atom is 0.241 e. The molecule has 5 atom stereocenters. The van der Waals surface area contributed by atoms with Crippen molar-refractivity contribution in [2.75, 3.05) is 0 Å². The molecule has 2 aliphatic rings. The molecular weight excluding hydrogens is 268 g/mol. The summed E-state index contributed by atoms with van der Waals surface area (Å²) in [6.45, 7) is 6.65. The van der Waals surface area contributed by atoms with E-state index in [1.54, 1.807) is 11.3 Å². The Morgan fingerprint density at radius 2 is 2.05 bits per heavy atom. The zero-order valence-corrected chi connectivity index (χ0v) is 13.3. The molecule has 2 heterocycles. The number of nitrogens with zero attached hydrogens (tertiary/aromatic N) is 1. The highest BCUT2D eigenvalue weighted by molar-refractivity contribution is 7.07. The van der Waals surface area contributed by atoms with Crippen molar-refractivity contribution in [3.63, 3.8) is 0 Å². The second-order valence-corrected chi connectivity index (χ2v) is 7.29. The minimum absolute atomic E-state index is 0.0606. The third-order valence-corrected chi connectivity index (χ3v) is 5.84. The summed E-state index contributed by atoms with van der Waals surface area (Å²) >= 11 is 1.70. The Bertz CT molecular complexity index is 473. The summed E-state index contributed by atoms with van der Waals surface area (Å²) in [6.07, 6.45) is 3.60. The molecule has 20 heavy (non-hydrogen) atoms. The van der Waals surface area contributed by atoms with Crippen molar-refractivity contribution < 1.29 is 4.79 Å². The van der Waals surface area contributed by atoms with Crippen molar-refractivity contribution in [3.05, 3.63) is 22.4 Å². The van der Waals surface area contributed by atoms with Gasteiger partial charge in [-0.1, -0.05) is 13.8 Å². The van der Waals surface area contributed by atoms with E-state index in [-0.39, 0.29) is 18.1 Å². The fourth-order valence-electron chi connectivity index (χ4n) is 3.59. The van der Waals surface area contributed by atoms with Gasteiger partial charge in [-0.3, -0.25) is 10.1 Å². The summed E-state index contributed by atoms with van der Waals surface area (Å²) in [5.74, 6) is 1.77. The quantitative estimate of drug-likeness (QED) is 0.906. The lowest BCUT2D eigenvalue weighted by Gasteiger charge is -2.39. The molecule has 1 aromatic rings. The summed E-state index contributed by atoms with van der Waals surface area (Å²) in [5.41, 5.74) is 1.24. The number of hydrogen-bond donors (Lipinski definition) is 1.